The molecule has 0 spiro atoms. The summed E-state index contributed by atoms with van der Waals surface area (Å²) in [6.45, 7) is 11.9. The second-order valence-electron chi connectivity index (χ2n) is 5.66. The smallest absolute Gasteiger partial charge is 0.213 e. The van der Waals surface area contributed by atoms with Crippen LogP contribution in [0.15, 0.2) is 18.3 Å². The van der Waals surface area contributed by atoms with Crippen molar-refractivity contribution in [3.63, 3.8) is 0 Å². The normalized spacial score (nSPS) is 14.4. The summed E-state index contributed by atoms with van der Waals surface area (Å²) in [5.74, 6) is 1.37. The molecule has 2 unspecified atom stereocenters. The number of ether oxygens (including phenoxy) is 1. The van der Waals surface area contributed by atoms with Crippen molar-refractivity contribution in [2.24, 2.45) is 5.92 Å². The first-order valence-corrected chi connectivity index (χ1v) is 7.38. The van der Waals surface area contributed by atoms with E-state index in [0.29, 0.717) is 12.0 Å². The lowest BCUT2D eigenvalue weighted by Gasteiger charge is -2.18. The Morgan fingerprint density at radius 2 is 2.00 bits per heavy atom. The summed E-state index contributed by atoms with van der Waals surface area (Å²) < 4.78 is 5.88. The molecule has 0 saturated heterocycles. The highest BCUT2D eigenvalue weighted by molar-refractivity contribution is 5.23. The SMILES string of the molecule is CCCNC(C)c1ccnc(OC(C)CC(C)C)c1. The predicted octanol–water partition coefficient (Wildman–Crippen LogP) is 3.96. The van der Waals surface area contributed by atoms with Gasteiger partial charge in [0.05, 0.1) is 6.10 Å². The maximum absolute atomic E-state index is 5.88. The summed E-state index contributed by atoms with van der Waals surface area (Å²) in [5.41, 5.74) is 1.23. The highest BCUT2D eigenvalue weighted by Gasteiger charge is 2.10. The van der Waals surface area contributed by atoms with Crippen LogP contribution in [0.1, 0.15) is 59.1 Å². The predicted molar refractivity (Wildman–Crippen MR) is 80.5 cm³/mol. The molecule has 0 radical (unpaired) electrons. The first kappa shape index (κ1) is 16.0. The van der Waals surface area contributed by atoms with Crippen molar-refractivity contribution < 1.29 is 4.74 Å². The molecule has 0 aromatic carbocycles. The lowest BCUT2D eigenvalue weighted by molar-refractivity contribution is 0.185. The summed E-state index contributed by atoms with van der Waals surface area (Å²) >= 11 is 0. The van der Waals surface area contributed by atoms with Gasteiger partial charge in [-0.15, -0.1) is 0 Å². The third-order valence-corrected chi connectivity index (χ3v) is 3.08. The lowest BCUT2D eigenvalue weighted by atomic mass is 10.1. The van der Waals surface area contributed by atoms with Gasteiger partial charge in [0.15, 0.2) is 0 Å². The highest BCUT2D eigenvalue weighted by atomic mass is 16.5. The highest BCUT2D eigenvalue weighted by Crippen LogP contribution is 2.19. The van der Waals surface area contributed by atoms with Gasteiger partial charge in [-0.2, -0.15) is 0 Å². The average molecular weight is 264 g/mol. The van der Waals surface area contributed by atoms with Gasteiger partial charge in [-0.3, -0.25) is 0 Å². The molecule has 2 atom stereocenters. The average Bonchev–Trinajstić information content (AvgIpc) is 2.35. The molecule has 3 nitrogen and oxygen atoms in total. The maximum atomic E-state index is 5.88. The Morgan fingerprint density at radius 1 is 1.26 bits per heavy atom. The number of hydrogen-bond donors (Lipinski definition) is 1. The van der Waals surface area contributed by atoms with Gasteiger partial charge < -0.3 is 10.1 Å². The maximum Gasteiger partial charge on any atom is 0.213 e. The molecule has 0 bridgehead atoms. The van der Waals surface area contributed by atoms with Crippen LogP contribution in [0.5, 0.6) is 5.88 Å². The van der Waals surface area contributed by atoms with E-state index >= 15 is 0 Å². The first-order chi connectivity index (χ1) is 9.02. The fourth-order valence-corrected chi connectivity index (χ4v) is 2.16. The van der Waals surface area contributed by atoms with Crippen LogP contribution in [0, 0.1) is 5.92 Å². The van der Waals surface area contributed by atoms with Gasteiger partial charge in [0.1, 0.15) is 0 Å². The van der Waals surface area contributed by atoms with E-state index in [4.69, 9.17) is 4.74 Å². The molecule has 0 aliphatic heterocycles. The molecule has 1 heterocycles. The summed E-state index contributed by atoms with van der Waals surface area (Å²) in [5, 5.41) is 3.48. The number of pyridine rings is 1. The largest absolute Gasteiger partial charge is 0.475 e. The van der Waals surface area contributed by atoms with Crippen LogP contribution in [0.3, 0.4) is 0 Å². The van der Waals surface area contributed by atoms with E-state index in [9.17, 15) is 0 Å². The Balaban J connectivity index is 2.61. The quantitative estimate of drug-likeness (QED) is 0.772. The van der Waals surface area contributed by atoms with Crippen molar-refractivity contribution in [3.8, 4) is 5.88 Å². The Morgan fingerprint density at radius 3 is 2.63 bits per heavy atom. The van der Waals surface area contributed by atoms with Gasteiger partial charge >= 0.3 is 0 Å². The Bertz CT molecular complexity index is 366. The zero-order chi connectivity index (χ0) is 14.3. The molecule has 0 aliphatic rings. The van der Waals surface area contributed by atoms with Gasteiger partial charge in [-0.1, -0.05) is 20.8 Å². The second-order valence-corrected chi connectivity index (χ2v) is 5.66. The minimum atomic E-state index is 0.210. The van der Waals surface area contributed by atoms with Crippen molar-refractivity contribution >= 4 is 0 Å². The van der Waals surface area contributed by atoms with Crippen LogP contribution < -0.4 is 10.1 Å². The topological polar surface area (TPSA) is 34.2 Å². The molecule has 0 saturated carbocycles. The van der Waals surface area contributed by atoms with Gasteiger partial charge in [-0.25, -0.2) is 4.98 Å². The molecular weight excluding hydrogens is 236 g/mol. The molecule has 0 fully saturated rings. The van der Waals surface area contributed by atoms with E-state index in [2.05, 4.69) is 44.9 Å². The van der Waals surface area contributed by atoms with E-state index in [1.54, 1.807) is 0 Å². The zero-order valence-electron chi connectivity index (χ0n) is 12.9. The minimum absolute atomic E-state index is 0.210. The van der Waals surface area contributed by atoms with Crippen LogP contribution in [-0.4, -0.2) is 17.6 Å². The van der Waals surface area contributed by atoms with Gasteiger partial charge in [-0.05, 0) is 50.8 Å². The van der Waals surface area contributed by atoms with Crippen LogP contribution in [-0.2, 0) is 0 Å². The van der Waals surface area contributed by atoms with Crippen molar-refractivity contribution in [1.29, 1.82) is 0 Å². The number of aromatic nitrogens is 1. The molecule has 108 valence electrons. The number of nitrogens with zero attached hydrogens (tertiary/aromatic N) is 1. The Kier molecular flexibility index (Phi) is 6.85. The van der Waals surface area contributed by atoms with Gasteiger partial charge in [0, 0.05) is 18.3 Å². The number of rotatable bonds is 8. The molecular formula is C16H28N2O. The van der Waals surface area contributed by atoms with Crippen LogP contribution in [0.25, 0.3) is 0 Å². The molecule has 0 amide bonds. The monoisotopic (exact) mass is 264 g/mol. The summed E-state index contributed by atoms with van der Waals surface area (Å²) in [6, 6.07) is 4.43. The third-order valence-electron chi connectivity index (χ3n) is 3.08. The van der Waals surface area contributed by atoms with Crippen molar-refractivity contribution in [1.82, 2.24) is 10.3 Å². The van der Waals surface area contributed by atoms with E-state index < -0.39 is 0 Å². The van der Waals surface area contributed by atoms with Gasteiger partial charge in [0.2, 0.25) is 5.88 Å². The lowest BCUT2D eigenvalue weighted by Crippen LogP contribution is -2.20. The van der Waals surface area contributed by atoms with E-state index in [1.165, 1.54) is 5.56 Å². The Labute approximate surface area is 117 Å². The molecule has 1 N–H and O–H groups in total. The molecule has 3 heteroatoms. The van der Waals surface area contributed by atoms with Crippen LogP contribution >= 0.6 is 0 Å². The molecule has 0 aliphatic carbocycles. The molecule has 1 rings (SSSR count). The summed E-state index contributed by atoms with van der Waals surface area (Å²) in [6.07, 6.45) is 4.23. The van der Waals surface area contributed by atoms with Crippen molar-refractivity contribution in [3.05, 3.63) is 23.9 Å². The van der Waals surface area contributed by atoms with Crippen molar-refractivity contribution in [2.45, 2.75) is 59.6 Å². The number of hydrogen-bond acceptors (Lipinski definition) is 3. The fraction of sp³-hybridized carbons (Fsp3) is 0.688. The molecule has 19 heavy (non-hydrogen) atoms. The third kappa shape index (κ3) is 6.06. The standard InChI is InChI=1S/C16H28N2O/c1-6-8-17-14(5)15-7-9-18-16(11-15)19-13(4)10-12(2)3/h7,9,11-14,17H,6,8,10H2,1-5H3. The minimum Gasteiger partial charge on any atom is -0.475 e. The zero-order valence-corrected chi connectivity index (χ0v) is 12.9. The molecule has 1 aromatic heterocycles. The van der Waals surface area contributed by atoms with Gasteiger partial charge in [0.25, 0.3) is 0 Å². The van der Waals surface area contributed by atoms with E-state index in [-0.39, 0.29) is 6.10 Å². The first-order valence-electron chi connectivity index (χ1n) is 7.38. The summed E-state index contributed by atoms with van der Waals surface area (Å²) in [7, 11) is 0. The fourth-order valence-electron chi connectivity index (χ4n) is 2.16. The second kappa shape index (κ2) is 8.16. The van der Waals surface area contributed by atoms with Crippen LogP contribution in [0.4, 0.5) is 0 Å². The number of nitrogens with one attached hydrogen (secondary N) is 1. The van der Waals surface area contributed by atoms with Crippen LogP contribution in [0.2, 0.25) is 0 Å². The Hall–Kier alpha value is -1.09. The van der Waals surface area contributed by atoms with E-state index in [0.717, 1.165) is 25.3 Å². The van der Waals surface area contributed by atoms with Crippen molar-refractivity contribution in [2.75, 3.05) is 6.54 Å². The summed E-state index contributed by atoms with van der Waals surface area (Å²) in [4.78, 5) is 4.30. The molecule has 1 aromatic rings. The van der Waals surface area contributed by atoms with E-state index in [1.807, 2.05) is 18.3 Å².